The first-order valence-electron chi connectivity index (χ1n) is 9.11. The molecule has 0 bridgehead atoms. The number of nitrogens with zero attached hydrogens (tertiary/aromatic N) is 2. The summed E-state index contributed by atoms with van der Waals surface area (Å²) in [4.78, 5) is 0. The normalized spacial score (nSPS) is 11.3. The predicted octanol–water partition coefficient (Wildman–Crippen LogP) is 5.36. The number of pyridine rings is 1. The van der Waals surface area contributed by atoms with Crippen LogP contribution >= 0.6 is 0 Å². The quantitative estimate of drug-likeness (QED) is 0.434. The lowest BCUT2D eigenvalue weighted by Gasteiger charge is -2.15. The minimum atomic E-state index is 1.25. The Morgan fingerprint density at radius 1 is 0.808 bits per heavy atom. The van der Waals surface area contributed by atoms with Gasteiger partial charge in [0.2, 0.25) is 5.69 Å². The molecular formula is C24H25N2+. The van der Waals surface area contributed by atoms with Crippen LogP contribution in [0.3, 0.4) is 0 Å². The van der Waals surface area contributed by atoms with Gasteiger partial charge >= 0.3 is 0 Å². The Morgan fingerprint density at radius 3 is 2.23 bits per heavy atom. The molecule has 2 nitrogen and oxygen atoms in total. The second-order valence-electron chi connectivity index (χ2n) is 7.28. The van der Waals surface area contributed by atoms with Crippen LogP contribution in [-0.4, -0.2) is 4.57 Å². The van der Waals surface area contributed by atoms with Crippen molar-refractivity contribution in [1.29, 1.82) is 0 Å². The zero-order valence-corrected chi connectivity index (χ0v) is 16.2. The van der Waals surface area contributed by atoms with Gasteiger partial charge in [-0.1, -0.05) is 18.2 Å². The molecule has 4 aromatic rings. The molecule has 130 valence electrons. The minimum Gasteiger partial charge on any atom is -0.351 e. The van der Waals surface area contributed by atoms with Gasteiger partial charge in [0.05, 0.1) is 0 Å². The SMILES string of the molecule is Cc1cc(C)c(-[n+]2cc3ccccc3cc2C)c(C)c1-c1cccn1C. The van der Waals surface area contributed by atoms with Crippen LogP contribution in [-0.2, 0) is 7.05 Å². The third-order valence-corrected chi connectivity index (χ3v) is 5.38. The van der Waals surface area contributed by atoms with E-state index >= 15 is 0 Å². The lowest BCUT2D eigenvalue weighted by molar-refractivity contribution is -0.602. The van der Waals surface area contributed by atoms with Gasteiger partial charge in [0.15, 0.2) is 11.9 Å². The molecule has 0 aliphatic carbocycles. The van der Waals surface area contributed by atoms with E-state index in [0.29, 0.717) is 0 Å². The third-order valence-electron chi connectivity index (χ3n) is 5.38. The number of hydrogen-bond acceptors (Lipinski definition) is 0. The van der Waals surface area contributed by atoms with Gasteiger partial charge in [-0.15, -0.1) is 0 Å². The summed E-state index contributed by atoms with van der Waals surface area (Å²) in [7, 11) is 2.11. The maximum atomic E-state index is 2.35. The fourth-order valence-electron chi connectivity index (χ4n) is 4.20. The van der Waals surface area contributed by atoms with E-state index in [-0.39, 0.29) is 0 Å². The highest BCUT2D eigenvalue weighted by Crippen LogP contribution is 2.32. The van der Waals surface area contributed by atoms with Crippen molar-refractivity contribution in [2.75, 3.05) is 0 Å². The summed E-state index contributed by atoms with van der Waals surface area (Å²) in [5.41, 5.74) is 9.09. The number of fused-ring (bicyclic) bond motifs is 1. The Labute approximate surface area is 155 Å². The molecule has 4 rings (SSSR count). The zero-order valence-electron chi connectivity index (χ0n) is 16.2. The lowest BCUT2D eigenvalue weighted by atomic mass is 9.94. The van der Waals surface area contributed by atoms with E-state index in [9.17, 15) is 0 Å². The fraction of sp³-hybridized carbons (Fsp3) is 0.208. The molecule has 0 spiro atoms. The van der Waals surface area contributed by atoms with Crippen LogP contribution in [0.2, 0.25) is 0 Å². The van der Waals surface area contributed by atoms with Gasteiger partial charge in [-0.05, 0) is 56.0 Å². The average Bonchev–Trinajstić information content (AvgIpc) is 3.01. The molecule has 0 aliphatic heterocycles. The molecule has 2 aromatic heterocycles. The molecular weight excluding hydrogens is 316 g/mol. The molecule has 0 fully saturated rings. The number of hydrogen-bond donors (Lipinski definition) is 0. The second kappa shape index (κ2) is 6.14. The Hall–Kier alpha value is -2.87. The average molecular weight is 341 g/mol. The summed E-state index contributed by atoms with van der Waals surface area (Å²) in [6.07, 6.45) is 4.38. The van der Waals surface area contributed by atoms with Crippen LogP contribution < -0.4 is 4.57 Å². The van der Waals surface area contributed by atoms with Gasteiger partial charge in [0.25, 0.3) is 0 Å². The first-order valence-corrected chi connectivity index (χ1v) is 9.11. The van der Waals surface area contributed by atoms with Crippen molar-refractivity contribution in [3.8, 4) is 16.9 Å². The van der Waals surface area contributed by atoms with Gasteiger partial charge in [-0.3, -0.25) is 0 Å². The Kier molecular flexibility index (Phi) is 3.91. The summed E-state index contributed by atoms with van der Waals surface area (Å²) < 4.78 is 4.55. The topological polar surface area (TPSA) is 8.81 Å². The first-order chi connectivity index (χ1) is 12.5. The molecule has 0 radical (unpaired) electrons. The van der Waals surface area contributed by atoms with Gasteiger partial charge < -0.3 is 4.57 Å². The number of rotatable bonds is 2. The van der Waals surface area contributed by atoms with Crippen LogP contribution in [0.5, 0.6) is 0 Å². The van der Waals surface area contributed by atoms with Crippen molar-refractivity contribution in [2.45, 2.75) is 27.7 Å². The van der Waals surface area contributed by atoms with Crippen molar-refractivity contribution < 1.29 is 4.57 Å². The van der Waals surface area contributed by atoms with Crippen molar-refractivity contribution in [2.24, 2.45) is 7.05 Å². The molecule has 0 N–H and O–H groups in total. The second-order valence-corrected chi connectivity index (χ2v) is 7.28. The summed E-state index contributed by atoms with van der Waals surface area (Å²) in [6.45, 7) is 8.86. The summed E-state index contributed by atoms with van der Waals surface area (Å²) in [5, 5.41) is 2.55. The first kappa shape index (κ1) is 16.6. The molecule has 2 heterocycles. The monoisotopic (exact) mass is 341 g/mol. The minimum absolute atomic E-state index is 1.25. The van der Waals surface area contributed by atoms with E-state index in [4.69, 9.17) is 0 Å². The zero-order chi connectivity index (χ0) is 18.4. The number of aryl methyl sites for hydroxylation is 4. The Morgan fingerprint density at radius 2 is 1.54 bits per heavy atom. The van der Waals surface area contributed by atoms with E-state index in [0.717, 1.165) is 0 Å². The van der Waals surface area contributed by atoms with E-state index in [2.05, 4.69) is 105 Å². The van der Waals surface area contributed by atoms with Gasteiger partial charge in [0, 0.05) is 54.0 Å². The van der Waals surface area contributed by atoms with Crippen LogP contribution in [0.1, 0.15) is 22.4 Å². The highest BCUT2D eigenvalue weighted by atomic mass is 15.0. The molecule has 0 amide bonds. The Balaban J connectivity index is 2.04. The van der Waals surface area contributed by atoms with Crippen molar-refractivity contribution in [3.63, 3.8) is 0 Å². The molecule has 2 aromatic carbocycles. The van der Waals surface area contributed by atoms with Crippen molar-refractivity contribution >= 4 is 10.8 Å². The van der Waals surface area contributed by atoms with Gasteiger partial charge in [-0.25, -0.2) is 0 Å². The number of aromatic nitrogens is 2. The lowest BCUT2D eigenvalue weighted by Crippen LogP contribution is -2.36. The van der Waals surface area contributed by atoms with Crippen LogP contribution in [0.15, 0.2) is 60.9 Å². The molecule has 0 atom stereocenters. The molecule has 0 saturated carbocycles. The highest BCUT2D eigenvalue weighted by Gasteiger charge is 2.23. The molecule has 2 heteroatoms. The molecule has 0 aliphatic rings. The van der Waals surface area contributed by atoms with Gasteiger partial charge in [-0.2, -0.15) is 4.57 Å². The predicted molar refractivity (Wildman–Crippen MR) is 109 cm³/mol. The summed E-state index contributed by atoms with van der Waals surface area (Å²) in [6, 6.07) is 17.5. The Bertz CT molecular complexity index is 1130. The van der Waals surface area contributed by atoms with E-state index in [1.165, 1.54) is 50.1 Å². The van der Waals surface area contributed by atoms with E-state index in [1.807, 2.05) is 0 Å². The van der Waals surface area contributed by atoms with Crippen LogP contribution in [0, 0.1) is 27.7 Å². The molecule has 0 saturated heterocycles. The van der Waals surface area contributed by atoms with Crippen LogP contribution in [0.4, 0.5) is 0 Å². The van der Waals surface area contributed by atoms with E-state index < -0.39 is 0 Å². The third kappa shape index (κ3) is 2.53. The van der Waals surface area contributed by atoms with Gasteiger partial charge in [0.1, 0.15) is 0 Å². The fourth-order valence-corrected chi connectivity index (χ4v) is 4.20. The number of benzene rings is 2. The molecule has 0 unspecified atom stereocenters. The van der Waals surface area contributed by atoms with Crippen molar-refractivity contribution in [3.05, 3.63) is 83.3 Å². The largest absolute Gasteiger partial charge is 0.351 e. The van der Waals surface area contributed by atoms with Crippen LogP contribution in [0.25, 0.3) is 27.7 Å². The maximum Gasteiger partial charge on any atom is 0.217 e. The summed E-state index contributed by atoms with van der Waals surface area (Å²) >= 11 is 0. The molecule has 26 heavy (non-hydrogen) atoms. The highest BCUT2D eigenvalue weighted by molar-refractivity contribution is 5.81. The van der Waals surface area contributed by atoms with Crippen molar-refractivity contribution in [1.82, 2.24) is 4.57 Å². The standard InChI is InChI=1S/C24H25N2/c1-16-13-17(2)24(19(4)23(16)22-11-8-12-25(22)5)26-15-21-10-7-6-9-20(21)14-18(26)3/h6-15H,1-5H3/q+1. The summed E-state index contributed by atoms with van der Waals surface area (Å²) in [5.74, 6) is 0. The smallest absolute Gasteiger partial charge is 0.217 e. The maximum absolute atomic E-state index is 2.35. The van der Waals surface area contributed by atoms with E-state index in [1.54, 1.807) is 0 Å².